The van der Waals surface area contributed by atoms with Crippen LogP contribution in [0.4, 0.5) is 0 Å². The van der Waals surface area contributed by atoms with Gasteiger partial charge in [-0.1, -0.05) is 127 Å². The van der Waals surface area contributed by atoms with Gasteiger partial charge in [-0.2, -0.15) is 4.98 Å². The predicted molar refractivity (Wildman–Crippen MR) is 200 cm³/mol. The minimum Gasteiger partial charge on any atom is -0.451 e. The van der Waals surface area contributed by atoms with Gasteiger partial charge in [0.2, 0.25) is 5.78 Å². The average molecular weight is 724 g/mol. The molecular formula is C37H50ClN3O6Si2. The van der Waals surface area contributed by atoms with E-state index in [1.165, 1.54) is 0 Å². The van der Waals surface area contributed by atoms with Crippen LogP contribution >= 0.6 is 11.6 Å². The number of rotatable bonds is 12. The van der Waals surface area contributed by atoms with Crippen molar-refractivity contribution in [1.82, 2.24) is 14.5 Å². The van der Waals surface area contributed by atoms with Crippen molar-refractivity contribution in [2.24, 2.45) is 0 Å². The van der Waals surface area contributed by atoms with Crippen LogP contribution in [0, 0.1) is 0 Å². The normalized spacial score (nSPS) is 17.7. The van der Waals surface area contributed by atoms with Gasteiger partial charge in [-0.15, -0.1) is 0 Å². The monoisotopic (exact) mass is 723 g/mol. The largest absolute Gasteiger partial charge is 0.451 e. The molecule has 1 saturated heterocycles. The minimum absolute atomic E-state index is 0.0325. The van der Waals surface area contributed by atoms with Gasteiger partial charge in [-0.05, 0) is 23.2 Å². The number of fused-ring (bicyclic) bond motifs is 1. The number of Topliss-reactive ketones (excluding diaryl/α,β-unsaturated/α-hetero) is 1. The lowest BCUT2D eigenvalue weighted by atomic mass is 10.0. The number of hydrogen-bond acceptors (Lipinski definition) is 8. The number of aromatic nitrogens is 3. The van der Waals surface area contributed by atoms with E-state index in [0.717, 1.165) is 22.7 Å². The predicted octanol–water partition coefficient (Wildman–Crippen LogP) is 8.50. The molecule has 9 nitrogen and oxygen atoms in total. The molecule has 12 heteroatoms. The van der Waals surface area contributed by atoms with Crippen LogP contribution in [-0.4, -0.2) is 73.8 Å². The summed E-state index contributed by atoms with van der Waals surface area (Å²) in [5, 5.41) is -0.484. The Morgan fingerprint density at radius 1 is 0.939 bits per heavy atom. The molecule has 2 unspecified atom stereocenters. The van der Waals surface area contributed by atoms with Crippen molar-refractivity contribution < 1.29 is 28.2 Å². The van der Waals surface area contributed by atoms with Gasteiger partial charge >= 0.3 is 14.6 Å². The van der Waals surface area contributed by atoms with E-state index in [1.54, 1.807) is 4.57 Å². The van der Waals surface area contributed by atoms with E-state index in [1.807, 2.05) is 90.1 Å². The van der Waals surface area contributed by atoms with E-state index in [0.29, 0.717) is 28.5 Å². The van der Waals surface area contributed by atoms with Gasteiger partial charge in [-0.3, -0.25) is 9.36 Å². The molecule has 1 aliphatic heterocycles. The Morgan fingerprint density at radius 3 is 2.16 bits per heavy atom. The second-order valence-electron chi connectivity index (χ2n) is 16.1. The Labute approximate surface area is 297 Å². The number of imidazole rings is 1. The van der Waals surface area contributed by atoms with Gasteiger partial charge in [0.25, 0.3) is 0 Å². The summed E-state index contributed by atoms with van der Waals surface area (Å²) in [5.41, 5.74) is 4.72. The van der Waals surface area contributed by atoms with Gasteiger partial charge in [0, 0.05) is 30.3 Å². The molecule has 0 aliphatic carbocycles. The summed E-state index contributed by atoms with van der Waals surface area (Å²) in [6, 6.07) is 21.3. The Balaban J connectivity index is 1.40. The molecule has 264 valence electrons. The number of carbonyl (C=O) groups excluding carboxylic acids is 1. The third-order valence-electron chi connectivity index (χ3n) is 8.95. The summed E-state index contributed by atoms with van der Waals surface area (Å²) in [4.78, 5) is 34.8. The van der Waals surface area contributed by atoms with Gasteiger partial charge in [0.15, 0.2) is 11.8 Å². The molecule has 2 aromatic heterocycles. The van der Waals surface area contributed by atoms with E-state index in [-0.39, 0.29) is 31.7 Å². The number of halogens is 1. The Kier molecular flexibility index (Phi) is 11.0. The summed E-state index contributed by atoms with van der Waals surface area (Å²) in [5.74, 6) is -0.261. The Hall–Kier alpha value is -2.91. The lowest BCUT2D eigenvalue weighted by molar-refractivity contribution is -0.127. The number of ketones is 1. The lowest BCUT2D eigenvalue weighted by Gasteiger charge is -2.45. The first-order valence-electron chi connectivity index (χ1n) is 16.9. The standard InChI is InChI=1S/C37H50ClN3O6Si2/c1-36(2,3)49(43,37(4,5)6)46-23-30-33(42)31(22-45-30)47-35-40-34-29(41(35)24-44-19-20-48(7,8)9)21-28(38)32(39-34)27-17-15-26(16-18-27)25-13-11-10-12-14-25/h10-18,21,30-31,43H,19-20,22-24H2,1-9H3. The highest BCUT2D eigenvalue weighted by Crippen LogP contribution is 2.49. The fourth-order valence-corrected chi connectivity index (χ4v) is 10.6. The zero-order valence-electron chi connectivity index (χ0n) is 30.2. The summed E-state index contributed by atoms with van der Waals surface area (Å²) in [6.07, 6.45) is -1.77. The maximum Gasteiger partial charge on any atom is 0.346 e. The second-order valence-corrected chi connectivity index (χ2v) is 26.7. The maximum absolute atomic E-state index is 13.5. The van der Waals surface area contributed by atoms with Crippen LogP contribution in [0.15, 0.2) is 60.7 Å². The minimum atomic E-state index is -3.29. The maximum atomic E-state index is 13.5. The molecule has 1 aliphatic rings. The third-order valence-corrected chi connectivity index (χ3v) is 15.6. The first kappa shape index (κ1) is 37.4. The molecule has 0 amide bonds. The topological polar surface area (TPSA) is 105 Å². The fourth-order valence-electron chi connectivity index (χ4n) is 6.09. The molecule has 3 heterocycles. The zero-order valence-corrected chi connectivity index (χ0v) is 32.9. The highest BCUT2D eigenvalue weighted by molar-refractivity contribution is 6.76. The Morgan fingerprint density at radius 2 is 1.55 bits per heavy atom. The molecule has 4 aromatic rings. The molecule has 5 rings (SSSR count). The van der Waals surface area contributed by atoms with Crippen LogP contribution in [-0.2, 0) is 25.4 Å². The number of pyridine rings is 1. The van der Waals surface area contributed by atoms with Crippen LogP contribution < -0.4 is 4.74 Å². The molecule has 0 radical (unpaired) electrons. The molecule has 1 fully saturated rings. The van der Waals surface area contributed by atoms with E-state index in [2.05, 4.69) is 31.8 Å². The summed E-state index contributed by atoms with van der Waals surface area (Å²) in [6.45, 7) is 19.4. The van der Waals surface area contributed by atoms with Crippen LogP contribution in [0.3, 0.4) is 0 Å². The van der Waals surface area contributed by atoms with Crippen molar-refractivity contribution in [2.45, 2.75) is 96.2 Å². The molecule has 49 heavy (non-hydrogen) atoms. The third kappa shape index (κ3) is 8.36. The molecule has 0 saturated carbocycles. The zero-order chi connectivity index (χ0) is 35.8. The molecule has 1 N–H and O–H groups in total. The fraction of sp³-hybridized carbons (Fsp3) is 0.486. The smallest absolute Gasteiger partial charge is 0.346 e. The molecule has 0 bridgehead atoms. The van der Waals surface area contributed by atoms with Gasteiger partial charge in [-0.25, -0.2) is 4.98 Å². The highest BCUT2D eigenvalue weighted by atomic mass is 35.5. The van der Waals surface area contributed by atoms with Crippen molar-refractivity contribution in [3.63, 3.8) is 0 Å². The van der Waals surface area contributed by atoms with E-state index in [9.17, 15) is 9.59 Å². The van der Waals surface area contributed by atoms with Gasteiger partial charge in [0.05, 0.1) is 29.4 Å². The first-order chi connectivity index (χ1) is 22.9. The second kappa shape index (κ2) is 14.4. The molecule has 2 atom stereocenters. The van der Waals surface area contributed by atoms with Crippen LogP contribution in [0.5, 0.6) is 6.01 Å². The van der Waals surface area contributed by atoms with Crippen LogP contribution in [0.25, 0.3) is 33.5 Å². The van der Waals surface area contributed by atoms with E-state index >= 15 is 0 Å². The van der Waals surface area contributed by atoms with E-state index in [4.69, 9.17) is 40.2 Å². The molecular weight excluding hydrogens is 674 g/mol. The molecule has 0 spiro atoms. The Bertz CT molecular complexity index is 1750. The number of carbonyl (C=O) groups is 1. The number of hydrogen-bond donors (Lipinski definition) is 1. The summed E-state index contributed by atoms with van der Waals surface area (Å²) >= 11 is 6.86. The van der Waals surface area contributed by atoms with Crippen LogP contribution in [0.2, 0.25) is 40.8 Å². The van der Waals surface area contributed by atoms with Crippen molar-refractivity contribution in [3.05, 3.63) is 65.7 Å². The van der Waals surface area contributed by atoms with Crippen molar-refractivity contribution in [3.8, 4) is 28.4 Å². The SMILES string of the molecule is CC(C)(C)[Si](O)(OCC1OCC(Oc2nc3nc(-c4ccc(-c5ccccc5)cc4)c(Cl)cc3n2COCC[Si](C)(C)C)C1=O)C(C)(C)C. The number of nitrogens with zero attached hydrogens (tertiary/aromatic N) is 3. The van der Waals surface area contributed by atoms with Crippen LogP contribution in [0.1, 0.15) is 41.5 Å². The highest BCUT2D eigenvalue weighted by Gasteiger charge is 2.56. The van der Waals surface area contributed by atoms with Gasteiger partial charge in [0.1, 0.15) is 12.8 Å². The van der Waals surface area contributed by atoms with Crippen molar-refractivity contribution in [1.29, 1.82) is 0 Å². The first-order valence-corrected chi connectivity index (χ1v) is 22.8. The number of benzene rings is 2. The summed E-state index contributed by atoms with van der Waals surface area (Å²) in [7, 11) is -4.61. The molecule has 2 aromatic carbocycles. The lowest BCUT2D eigenvalue weighted by Crippen LogP contribution is -2.56. The van der Waals surface area contributed by atoms with Gasteiger partial charge < -0.3 is 23.4 Å². The summed E-state index contributed by atoms with van der Waals surface area (Å²) < 4.78 is 26.2. The average Bonchev–Trinajstić information content (AvgIpc) is 3.54. The van der Waals surface area contributed by atoms with Crippen molar-refractivity contribution in [2.75, 3.05) is 19.8 Å². The number of ether oxygens (including phenoxy) is 3. The quantitative estimate of drug-likeness (QED) is 0.115. The van der Waals surface area contributed by atoms with E-state index < -0.39 is 38.9 Å². The van der Waals surface area contributed by atoms with Crippen molar-refractivity contribution >= 4 is 45.2 Å².